The molecule has 1 N–H and O–H groups in total. The first kappa shape index (κ1) is 14.2. The van der Waals surface area contributed by atoms with Crippen LogP contribution in [0.2, 0.25) is 5.15 Å². The Morgan fingerprint density at radius 1 is 0.955 bits per heavy atom. The van der Waals surface area contributed by atoms with E-state index in [-0.39, 0.29) is 5.91 Å². The Balaban J connectivity index is 1.76. The SMILES string of the molecule is O=C(Nc1ccnc(Cl)c1)c1ccc(-c2ccccn2)cc1. The van der Waals surface area contributed by atoms with E-state index in [1.54, 1.807) is 36.7 Å². The Kier molecular flexibility index (Phi) is 4.12. The van der Waals surface area contributed by atoms with Gasteiger partial charge in [-0.1, -0.05) is 29.8 Å². The van der Waals surface area contributed by atoms with E-state index in [2.05, 4.69) is 15.3 Å². The van der Waals surface area contributed by atoms with Crippen molar-refractivity contribution in [2.75, 3.05) is 5.32 Å². The molecule has 2 aromatic heterocycles. The number of carbonyl (C=O) groups excluding carboxylic acids is 1. The molecule has 0 saturated carbocycles. The van der Waals surface area contributed by atoms with Crippen LogP contribution in [0, 0.1) is 0 Å². The number of pyridine rings is 2. The molecule has 0 spiro atoms. The summed E-state index contributed by atoms with van der Waals surface area (Å²) in [6, 6.07) is 16.3. The minimum absolute atomic E-state index is 0.199. The average molecular weight is 310 g/mol. The minimum atomic E-state index is -0.199. The monoisotopic (exact) mass is 309 g/mol. The molecule has 3 aromatic rings. The highest BCUT2D eigenvalue weighted by Crippen LogP contribution is 2.18. The smallest absolute Gasteiger partial charge is 0.255 e. The van der Waals surface area contributed by atoms with E-state index in [0.29, 0.717) is 16.4 Å². The molecule has 1 amide bonds. The zero-order valence-electron chi connectivity index (χ0n) is 11.5. The van der Waals surface area contributed by atoms with Gasteiger partial charge >= 0.3 is 0 Å². The summed E-state index contributed by atoms with van der Waals surface area (Å²) >= 11 is 5.79. The van der Waals surface area contributed by atoms with Gasteiger partial charge in [0.05, 0.1) is 5.69 Å². The van der Waals surface area contributed by atoms with E-state index < -0.39 is 0 Å². The summed E-state index contributed by atoms with van der Waals surface area (Å²) in [4.78, 5) is 20.3. The van der Waals surface area contributed by atoms with Crippen LogP contribution in [-0.2, 0) is 0 Å². The second kappa shape index (κ2) is 6.37. The highest BCUT2D eigenvalue weighted by molar-refractivity contribution is 6.29. The maximum absolute atomic E-state index is 12.2. The third-order valence-electron chi connectivity index (χ3n) is 3.09. The van der Waals surface area contributed by atoms with Crippen LogP contribution in [0.5, 0.6) is 0 Å². The van der Waals surface area contributed by atoms with E-state index in [0.717, 1.165) is 11.3 Å². The number of nitrogens with one attached hydrogen (secondary N) is 1. The van der Waals surface area contributed by atoms with Gasteiger partial charge < -0.3 is 5.32 Å². The summed E-state index contributed by atoms with van der Waals surface area (Å²) < 4.78 is 0. The molecule has 0 atom stereocenters. The third-order valence-corrected chi connectivity index (χ3v) is 3.30. The first-order chi connectivity index (χ1) is 10.7. The van der Waals surface area contributed by atoms with Crippen molar-refractivity contribution in [2.24, 2.45) is 0 Å². The quantitative estimate of drug-likeness (QED) is 0.743. The molecule has 1 aromatic carbocycles. The van der Waals surface area contributed by atoms with E-state index in [9.17, 15) is 4.79 Å². The van der Waals surface area contributed by atoms with Gasteiger partial charge in [-0.2, -0.15) is 0 Å². The molecule has 5 heteroatoms. The lowest BCUT2D eigenvalue weighted by atomic mass is 10.1. The van der Waals surface area contributed by atoms with Crippen molar-refractivity contribution in [2.45, 2.75) is 0 Å². The lowest BCUT2D eigenvalue weighted by Crippen LogP contribution is -2.11. The summed E-state index contributed by atoms with van der Waals surface area (Å²) in [7, 11) is 0. The molecule has 0 fully saturated rings. The molecule has 0 saturated heterocycles. The first-order valence-electron chi connectivity index (χ1n) is 6.67. The summed E-state index contributed by atoms with van der Waals surface area (Å²) in [5, 5.41) is 3.12. The van der Waals surface area contributed by atoms with Gasteiger partial charge in [0.15, 0.2) is 0 Å². The Labute approximate surface area is 132 Å². The lowest BCUT2D eigenvalue weighted by Gasteiger charge is -2.06. The van der Waals surface area contributed by atoms with Gasteiger partial charge in [0.1, 0.15) is 5.15 Å². The fourth-order valence-electron chi connectivity index (χ4n) is 2.01. The largest absolute Gasteiger partial charge is 0.322 e. The van der Waals surface area contributed by atoms with Gasteiger partial charge in [-0.15, -0.1) is 0 Å². The van der Waals surface area contributed by atoms with E-state index >= 15 is 0 Å². The van der Waals surface area contributed by atoms with Crippen molar-refractivity contribution < 1.29 is 4.79 Å². The molecule has 0 aliphatic rings. The molecular formula is C17H12ClN3O. The summed E-state index contributed by atoms with van der Waals surface area (Å²) in [6.07, 6.45) is 3.28. The number of hydrogen-bond donors (Lipinski definition) is 1. The van der Waals surface area contributed by atoms with Gasteiger partial charge in [-0.25, -0.2) is 4.98 Å². The molecule has 0 unspecified atom stereocenters. The number of aromatic nitrogens is 2. The fraction of sp³-hybridized carbons (Fsp3) is 0. The Bertz CT molecular complexity index is 789. The number of amides is 1. The lowest BCUT2D eigenvalue weighted by molar-refractivity contribution is 0.102. The molecule has 0 radical (unpaired) electrons. The summed E-state index contributed by atoms with van der Waals surface area (Å²) in [5.41, 5.74) is 3.01. The van der Waals surface area contributed by atoms with Crippen LogP contribution in [-0.4, -0.2) is 15.9 Å². The molecule has 22 heavy (non-hydrogen) atoms. The van der Waals surface area contributed by atoms with Crippen molar-refractivity contribution >= 4 is 23.2 Å². The highest BCUT2D eigenvalue weighted by atomic mass is 35.5. The van der Waals surface area contributed by atoms with Crippen LogP contribution in [0.1, 0.15) is 10.4 Å². The van der Waals surface area contributed by atoms with Gasteiger partial charge in [0.25, 0.3) is 5.91 Å². The Hall–Kier alpha value is -2.72. The van der Waals surface area contributed by atoms with Crippen LogP contribution in [0.15, 0.2) is 67.0 Å². The van der Waals surface area contributed by atoms with Crippen molar-refractivity contribution in [3.05, 3.63) is 77.7 Å². The molecule has 108 valence electrons. The van der Waals surface area contributed by atoms with Gasteiger partial charge in [0.2, 0.25) is 0 Å². The number of benzene rings is 1. The van der Waals surface area contributed by atoms with Gasteiger partial charge in [-0.3, -0.25) is 9.78 Å². The van der Waals surface area contributed by atoms with Crippen LogP contribution in [0.4, 0.5) is 5.69 Å². The second-order valence-corrected chi connectivity index (χ2v) is 5.00. The third kappa shape index (κ3) is 3.30. The van der Waals surface area contributed by atoms with E-state index in [1.165, 1.54) is 0 Å². The normalized spacial score (nSPS) is 10.2. The summed E-state index contributed by atoms with van der Waals surface area (Å²) in [5.74, 6) is -0.199. The van der Waals surface area contributed by atoms with Gasteiger partial charge in [-0.05, 0) is 36.4 Å². The second-order valence-electron chi connectivity index (χ2n) is 4.61. The zero-order valence-corrected chi connectivity index (χ0v) is 12.3. The molecule has 2 heterocycles. The Morgan fingerprint density at radius 3 is 2.45 bits per heavy atom. The number of hydrogen-bond acceptors (Lipinski definition) is 3. The van der Waals surface area contributed by atoms with Crippen molar-refractivity contribution in [1.29, 1.82) is 0 Å². The number of carbonyl (C=O) groups is 1. The topological polar surface area (TPSA) is 54.9 Å². The van der Waals surface area contributed by atoms with Crippen LogP contribution < -0.4 is 5.32 Å². The maximum Gasteiger partial charge on any atom is 0.255 e. The number of anilines is 1. The number of halogens is 1. The van der Waals surface area contributed by atoms with E-state index in [1.807, 2.05) is 30.3 Å². The molecule has 0 aliphatic carbocycles. The average Bonchev–Trinajstić information content (AvgIpc) is 2.56. The van der Waals surface area contributed by atoms with Crippen molar-refractivity contribution in [3.63, 3.8) is 0 Å². The number of nitrogens with zero attached hydrogens (tertiary/aromatic N) is 2. The molecule has 0 bridgehead atoms. The van der Waals surface area contributed by atoms with Gasteiger partial charge in [0, 0.05) is 29.2 Å². The molecule has 4 nitrogen and oxygen atoms in total. The standard InChI is InChI=1S/C17H12ClN3O/c18-16-11-14(8-10-20-16)21-17(22)13-6-4-12(5-7-13)15-3-1-2-9-19-15/h1-11H,(H,20,21,22). The fourth-order valence-corrected chi connectivity index (χ4v) is 2.18. The maximum atomic E-state index is 12.2. The van der Waals surface area contributed by atoms with Crippen molar-refractivity contribution in [3.8, 4) is 11.3 Å². The van der Waals surface area contributed by atoms with E-state index in [4.69, 9.17) is 11.6 Å². The minimum Gasteiger partial charge on any atom is -0.322 e. The summed E-state index contributed by atoms with van der Waals surface area (Å²) in [6.45, 7) is 0. The zero-order chi connectivity index (χ0) is 15.4. The molecule has 3 rings (SSSR count). The predicted molar refractivity (Wildman–Crippen MR) is 86.9 cm³/mol. The molecule has 0 aliphatic heterocycles. The van der Waals surface area contributed by atoms with Crippen LogP contribution >= 0.6 is 11.6 Å². The van der Waals surface area contributed by atoms with Crippen LogP contribution in [0.25, 0.3) is 11.3 Å². The predicted octanol–water partition coefficient (Wildman–Crippen LogP) is 4.05. The number of rotatable bonds is 3. The highest BCUT2D eigenvalue weighted by Gasteiger charge is 2.07. The molecular weight excluding hydrogens is 298 g/mol. The first-order valence-corrected chi connectivity index (χ1v) is 7.04. The van der Waals surface area contributed by atoms with Crippen LogP contribution in [0.3, 0.4) is 0 Å². The Morgan fingerprint density at radius 2 is 1.77 bits per heavy atom. The van der Waals surface area contributed by atoms with Crippen molar-refractivity contribution in [1.82, 2.24) is 9.97 Å².